The summed E-state index contributed by atoms with van der Waals surface area (Å²) in [6.45, 7) is 0.960. The second-order valence-corrected chi connectivity index (χ2v) is 3.56. The predicted molar refractivity (Wildman–Crippen MR) is 64.5 cm³/mol. The topological polar surface area (TPSA) is 84.6 Å². The minimum atomic E-state index is -0.529. The highest BCUT2D eigenvalue weighted by molar-refractivity contribution is 6.33. The number of aliphatic hydroxyl groups is 1. The molecule has 0 amide bonds. The van der Waals surface area contributed by atoms with E-state index in [1.807, 2.05) is 0 Å². The Labute approximate surface area is 103 Å². The molecule has 0 atom stereocenters. The summed E-state index contributed by atoms with van der Waals surface area (Å²) in [5, 5.41) is 22.2. The zero-order chi connectivity index (χ0) is 12.7. The highest BCUT2D eigenvalue weighted by Gasteiger charge is 2.17. The summed E-state index contributed by atoms with van der Waals surface area (Å²) in [7, 11) is 0. The lowest BCUT2D eigenvalue weighted by atomic mass is 10.2. The molecule has 0 aliphatic rings. The van der Waals surface area contributed by atoms with Crippen molar-refractivity contribution in [3.63, 3.8) is 0 Å². The summed E-state index contributed by atoms with van der Waals surface area (Å²) >= 11 is 5.74. The van der Waals surface area contributed by atoms with E-state index in [-0.39, 0.29) is 23.9 Å². The van der Waals surface area contributed by atoms with Gasteiger partial charge in [0.25, 0.3) is 0 Å². The van der Waals surface area contributed by atoms with Crippen molar-refractivity contribution < 1.29 is 14.8 Å². The van der Waals surface area contributed by atoms with Gasteiger partial charge in [0, 0.05) is 6.54 Å². The molecule has 17 heavy (non-hydrogen) atoms. The highest BCUT2D eigenvalue weighted by atomic mass is 35.5. The number of aliphatic hydroxyl groups excluding tert-OH is 1. The molecular weight excluding hydrogens is 248 g/mol. The number of nitro groups is 1. The van der Waals surface area contributed by atoms with Crippen LogP contribution >= 0.6 is 11.6 Å². The summed E-state index contributed by atoms with van der Waals surface area (Å²) < 4.78 is 5.02. The summed E-state index contributed by atoms with van der Waals surface area (Å²) in [6, 6.07) is 4.68. The minimum absolute atomic E-state index is 0.0443. The van der Waals surface area contributed by atoms with Crippen LogP contribution in [0.5, 0.6) is 0 Å². The number of anilines is 1. The second kappa shape index (κ2) is 7.05. The van der Waals surface area contributed by atoms with Gasteiger partial charge in [-0.25, -0.2) is 0 Å². The quantitative estimate of drug-likeness (QED) is 0.443. The largest absolute Gasteiger partial charge is 0.394 e. The maximum absolute atomic E-state index is 10.8. The van der Waals surface area contributed by atoms with Crippen molar-refractivity contribution in [2.75, 3.05) is 31.7 Å². The summed E-state index contributed by atoms with van der Waals surface area (Å²) in [6.07, 6.45) is 0. The molecule has 7 heteroatoms. The van der Waals surface area contributed by atoms with E-state index in [9.17, 15) is 10.1 Å². The van der Waals surface area contributed by atoms with E-state index in [0.717, 1.165) is 0 Å². The van der Waals surface area contributed by atoms with Crippen LogP contribution in [-0.2, 0) is 4.74 Å². The average molecular weight is 261 g/mol. The van der Waals surface area contributed by atoms with Crippen LogP contribution in [-0.4, -0.2) is 36.4 Å². The SMILES string of the molecule is O=[N+]([O-])c1c(Cl)cccc1NCCOCCO. The first-order valence-electron chi connectivity index (χ1n) is 5.02. The van der Waals surface area contributed by atoms with Gasteiger partial charge in [-0.15, -0.1) is 0 Å². The molecule has 0 bridgehead atoms. The van der Waals surface area contributed by atoms with Gasteiger partial charge in [0.2, 0.25) is 0 Å². The number of nitrogens with one attached hydrogen (secondary N) is 1. The molecule has 0 spiro atoms. The van der Waals surface area contributed by atoms with Crippen molar-refractivity contribution in [1.29, 1.82) is 0 Å². The van der Waals surface area contributed by atoms with Crippen molar-refractivity contribution in [2.24, 2.45) is 0 Å². The Kier molecular flexibility index (Phi) is 5.68. The number of ether oxygens (including phenoxy) is 1. The number of hydrogen-bond donors (Lipinski definition) is 2. The van der Waals surface area contributed by atoms with Crippen molar-refractivity contribution in [3.05, 3.63) is 33.3 Å². The van der Waals surface area contributed by atoms with Gasteiger partial charge >= 0.3 is 5.69 Å². The first-order chi connectivity index (χ1) is 8.16. The Morgan fingerprint density at radius 1 is 1.47 bits per heavy atom. The lowest BCUT2D eigenvalue weighted by Crippen LogP contribution is -2.12. The average Bonchev–Trinajstić information content (AvgIpc) is 2.28. The minimum Gasteiger partial charge on any atom is -0.394 e. The maximum atomic E-state index is 10.8. The predicted octanol–water partition coefficient (Wildman–Crippen LogP) is 1.67. The van der Waals surface area contributed by atoms with E-state index in [4.69, 9.17) is 21.4 Å². The molecule has 1 rings (SSSR count). The smallest absolute Gasteiger partial charge is 0.310 e. The van der Waals surface area contributed by atoms with E-state index in [2.05, 4.69) is 5.32 Å². The molecule has 0 aromatic heterocycles. The Morgan fingerprint density at radius 3 is 2.88 bits per heavy atom. The van der Waals surface area contributed by atoms with Crippen LogP contribution in [0.4, 0.5) is 11.4 Å². The summed E-state index contributed by atoms with van der Waals surface area (Å²) in [5.74, 6) is 0. The molecule has 0 aliphatic heterocycles. The van der Waals surface area contributed by atoms with Gasteiger partial charge < -0.3 is 15.2 Å². The Hall–Kier alpha value is -1.37. The van der Waals surface area contributed by atoms with E-state index in [1.165, 1.54) is 6.07 Å². The van der Waals surface area contributed by atoms with Crippen LogP contribution in [0.25, 0.3) is 0 Å². The van der Waals surface area contributed by atoms with Crippen molar-refractivity contribution >= 4 is 23.0 Å². The summed E-state index contributed by atoms with van der Waals surface area (Å²) in [5.41, 5.74) is 0.214. The molecule has 0 heterocycles. The molecule has 0 saturated heterocycles. The molecule has 0 unspecified atom stereocenters. The first-order valence-corrected chi connectivity index (χ1v) is 5.40. The number of halogens is 1. The molecule has 0 saturated carbocycles. The van der Waals surface area contributed by atoms with E-state index in [1.54, 1.807) is 12.1 Å². The van der Waals surface area contributed by atoms with Crippen LogP contribution in [0.3, 0.4) is 0 Å². The Balaban J connectivity index is 2.58. The van der Waals surface area contributed by atoms with Crippen LogP contribution in [0, 0.1) is 10.1 Å². The maximum Gasteiger partial charge on any atom is 0.310 e. The van der Waals surface area contributed by atoms with Crippen LogP contribution in [0.1, 0.15) is 0 Å². The lowest BCUT2D eigenvalue weighted by molar-refractivity contribution is -0.383. The van der Waals surface area contributed by atoms with E-state index < -0.39 is 4.92 Å². The van der Waals surface area contributed by atoms with Gasteiger partial charge in [0.05, 0.1) is 24.7 Å². The third-order valence-corrected chi connectivity index (χ3v) is 2.27. The number of hydrogen-bond acceptors (Lipinski definition) is 5. The standard InChI is InChI=1S/C10H13ClN2O4/c11-8-2-1-3-9(10(8)13(15)16)12-4-6-17-7-5-14/h1-3,12,14H,4-7H2. The molecule has 0 fully saturated rings. The fourth-order valence-corrected chi connectivity index (χ4v) is 1.51. The number of rotatable bonds is 7. The fourth-order valence-electron chi connectivity index (χ4n) is 1.27. The number of nitro benzene ring substituents is 1. The zero-order valence-corrected chi connectivity index (χ0v) is 9.81. The van der Waals surface area contributed by atoms with Gasteiger partial charge in [0.15, 0.2) is 0 Å². The fraction of sp³-hybridized carbons (Fsp3) is 0.400. The monoisotopic (exact) mass is 260 g/mol. The second-order valence-electron chi connectivity index (χ2n) is 3.16. The third-order valence-electron chi connectivity index (χ3n) is 1.97. The van der Waals surface area contributed by atoms with Crippen molar-refractivity contribution in [1.82, 2.24) is 0 Å². The molecule has 0 aliphatic carbocycles. The van der Waals surface area contributed by atoms with Gasteiger partial charge in [-0.1, -0.05) is 17.7 Å². The van der Waals surface area contributed by atoms with Gasteiger partial charge in [0.1, 0.15) is 10.7 Å². The first kappa shape index (κ1) is 13.7. The number of benzene rings is 1. The molecule has 0 radical (unpaired) electrons. The van der Waals surface area contributed by atoms with Crippen LogP contribution in [0.15, 0.2) is 18.2 Å². The van der Waals surface area contributed by atoms with Gasteiger partial charge in [-0.3, -0.25) is 10.1 Å². The molecule has 94 valence electrons. The normalized spacial score (nSPS) is 10.2. The van der Waals surface area contributed by atoms with E-state index >= 15 is 0 Å². The lowest BCUT2D eigenvalue weighted by Gasteiger charge is -2.07. The van der Waals surface area contributed by atoms with Gasteiger partial charge in [-0.2, -0.15) is 0 Å². The zero-order valence-electron chi connectivity index (χ0n) is 9.06. The van der Waals surface area contributed by atoms with Crippen LogP contribution in [0.2, 0.25) is 5.02 Å². The van der Waals surface area contributed by atoms with Crippen molar-refractivity contribution in [3.8, 4) is 0 Å². The molecule has 2 N–H and O–H groups in total. The molecule has 6 nitrogen and oxygen atoms in total. The number of para-hydroxylation sites is 1. The third kappa shape index (κ3) is 4.18. The Morgan fingerprint density at radius 2 is 2.24 bits per heavy atom. The van der Waals surface area contributed by atoms with Gasteiger partial charge in [-0.05, 0) is 12.1 Å². The summed E-state index contributed by atoms with van der Waals surface area (Å²) in [4.78, 5) is 10.3. The molecular formula is C10H13ClN2O4. The Bertz CT molecular complexity index is 387. The molecule has 1 aromatic carbocycles. The van der Waals surface area contributed by atoms with Crippen LogP contribution < -0.4 is 5.32 Å². The highest BCUT2D eigenvalue weighted by Crippen LogP contribution is 2.31. The molecule has 1 aromatic rings. The van der Waals surface area contributed by atoms with E-state index in [0.29, 0.717) is 18.8 Å². The van der Waals surface area contributed by atoms with Crippen molar-refractivity contribution in [2.45, 2.75) is 0 Å². The number of nitrogens with zero attached hydrogens (tertiary/aromatic N) is 1.